The Kier molecular flexibility index (Phi) is 6.78. The molecular formula is C15H21ClN2. The lowest BCUT2D eigenvalue weighted by molar-refractivity contribution is 0.287. The fourth-order valence-electron chi connectivity index (χ4n) is 1.99. The highest BCUT2D eigenvalue weighted by Crippen LogP contribution is 2.13. The zero-order valence-electron chi connectivity index (χ0n) is 11.1. The predicted octanol–water partition coefficient (Wildman–Crippen LogP) is 3.67. The molecule has 0 aliphatic carbocycles. The van der Waals surface area contributed by atoms with Crippen molar-refractivity contribution in [3.63, 3.8) is 0 Å². The fourth-order valence-corrected chi connectivity index (χ4v) is 2.54. The normalized spacial score (nSPS) is 12.7. The van der Waals surface area contributed by atoms with Gasteiger partial charge in [-0.2, -0.15) is 5.26 Å². The molecule has 0 heterocycles. The summed E-state index contributed by atoms with van der Waals surface area (Å²) < 4.78 is 0. The summed E-state index contributed by atoms with van der Waals surface area (Å²) in [6.07, 6.45) is 0.984. The number of hydrogen-bond donors (Lipinski definition) is 0. The number of rotatable bonds is 7. The van der Waals surface area contributed by atoms with Gasteiger partial charge >= 0.3 is 0 Å². The van der Waals surface area contributed by atoms with Crippen LogP contribution >= 0.6 is 11.6 Å². The Morgan fingerprint density at radius 1 is 1.28 bits per heavy atom. The molecule has 0 aliphatic rings. The molecule has 0 N–H and O–H groups in total. The highest BCUT2D eigenvalue weighted by molar-refractivity contribution is 6.20. The second-order valence-corrected chi connectivity index (χ2v) is 5.66. The molecule has 98 valence electrons. The van der Waals surface area contributed by atoms with E-state index in [-0.39, 0.29) is 5.38 Å². The average Bonchev–Trinajstić information content (AvgIpc) is 2.29. The van der Waals surface area contributed by atoms with Gasteiger partial charge in [-0.15, -0.1) is 11.6 Å². The van der Waals surface area contributed by atoms with E-state index in [9.17, 15) is 0 Å². The van der Waals surface area contributed by atoms with E-state index in [4.69, 9.17) is 16.9 Å². The molecule has 1 aromatic carbocycles. The fraction of sp³-hybridized carbons (Fsp3) is 0.533. The SMILES string of the molecule is CC(C)C[C@@H](Cl)CN(CC#N)Cc1ccccc1. The van der Waals surface area contributed by atoms with E-state index in [1.165, 1.54) is 5.56 Å². The second-order valence-electron chi connectivity index (χ2n) is 5.04. The van der Waals surface area contributed by atoms with Crippen molar-refractivity contribution in [3.05, 3.63) is 35.9 Å². The van der Waals surface area contributed by atoms with Crippen LogP contribution in [-0.2, 0) is 6.54 Å². The van der Waals surface area contributed by atoms with Crippen molar-refractivity contribution in [2.24, 2.45) is 5.92 Å². The first-order chi connectivity index (χ1) is 8.61. The van der Waals surface area contributed by atoms with Gasteiger partial charge in [0.1, 0.15) is 0 Å². The van der Waals surface area contributed by atoms with Crippen LogP contribution in [0.15, 0.2) is 30.3 Å². The van der Waals surface area contributed by atoms with Crippen molar-refractivity contribution < 1.29 is 0 Å². The summed E-state index contributed by atoms with van der Waals surface area (Å²) in [4.78, 5) is 2.11. The predicted molar refractivity (Wildman–Crippen MR) is 76.4 cm³/mol. The zero-order valence-corrected chi connectivity index (χ0v) is 11.9. The van der Waals surface area contributed by atoms with Crippen LogP contribution in [0.3, 0.4) is 0 Å². The Balaban J connectivity index is 2.52. The maximum absolute atomic E-state index is 8.87. The second kappa shape index (κ2) is 8.13. The Labute approximate surface area is 115 Å². The number of halogens is 1. The van der Waals surface area contributed by atoms with Gasteiger partial charge in [0.15, 0.2) is 0 Å². The summed E-state index contributed by atoms with van der Waals surface area (Å²) in [7, 11) is 0. The van der Waals surface area contributed by atoms with Crippen molar-refractivity contribution in [2.75, 3.05) is 13.1 Å². The minimum absolute atomic E-state index is 0.113. The van der Waals surface area contributed by atoms with Gasteiger partial charge < -0.3 is 0 Å². The van der Waals surface area contributed by atoms with Crippen LogP contribution in [0, 0.1) is 17.2 Å². The van der Waals surface area contributed by atoms with E-state index in [0.717, 1.165) is 19.5 Å². The van der Waals surface area contributed by atoms with Gasteiger partial charge in [0.05, 0.1) is 12.6 Å². The molecule has 0 aliphatic heterocycles. The van der Waals surface area contributed by atoms with Crippen molar-refractivity contribution in [1.82, 2.24) is 4.90 Å². The Morgan fingerprint density at radius 3 is 2.50 bits per heavy atom. The molecule has 1 atom stereocenters. The number of benzene rings is 1. The molecule has 0 amide bonds. The van der Waals surface area contributed by atoms with Gasteiger partial charge in [-0.25, -0.2) is 0 Å². The number of hydrogen-bond acceptors (Lipinski definition) is 2. The van der Waals surface area contributed by atoms with E-state index >= 15 is 0 Å². The van der Waals surface area contributed by atoms with Gasteiger partial charge in [0, 0.05) is 18.5 Å². The minimum atomic E-state index is 0.113. The molecule has 0 fully saturated rings. The summed E-state index contributed by atoms with van der Waals surface area (Å²) in [6, 6.07) is 12.4. The highest BCUT2D eigenvalue weighted by Gasteiger charge is 2.13. The highest BCUT2D eigenvalue weighted by atomic mass is 35.5. The zero-order chi connectivity index (χ0) is 13.4. The Bertz CT molecular complexity index is 370. The monoisotopic (exact) mass is 264 g/mol. The lowest BCUT2D eigenvalue weighted by Crippen LogP contribution is -2.30. The van der Waals surface area contributed by atoms with Crippen LogP contribution in [0.4, 0.5) is 0 Å². The molecular weight excluding hydrogens is 244 g/mol. The minimum Gasteiger partial charge on any atom is -0.285 e. The van der Waals surface area contributed by atoms with Crippen LogP contribution < -0.4 is 0 Å². The number of alkyl halides is 1. The number of nitrogens with zero attached hydrogens (tertiary/aromatic N) is 2. The maximum atomic E-state index is 8.87. The molecule has 1 aromatic rings. The molecule has 0 aromatic heterocycles. The molecule has 18 heavy (non-hydrogen) atoms. The largest absolute Gasteiger partial charge is 0.285 e. The third kappa shape index (κ3) is 6.05. The van der Waals surface area contributed by atoms with Gasteiger partial charge in [-0.3, -0.25) is 4.90 Å². The molecule has 0 saturated heterocycles. The van der Waals surface area contributed by atoms with E-state index in [2.05, 4.69) is 36.9 Å². The lowest BCUT2D eigenvalue weighted by Gasteiger charge is -2.23. The summed E-state index contributed by atoms with van der Waals surface area (Å²) in [6.45, 7) is 6.32. The van der Waals surface area contributed by atoms with Gasteiger partial charge in [0.25, 0.3) is 0 Å². The standard InChI is InChI=1S/C15H21ClN2/c1-13(2)10-15(16)12-18(9-8-17)11-14-6-4-3-5-7-14/h3-7,13,15H,9-12H2,1-2H3/t15-/m1/s1. The van der Waals surface area contributed by atoms with Gasteiger partial charge in [-0.05, 0) is 17.9 Å². The third-order valence-corrected chi connectivity index (χ3v) is 3.04. The van der Waals surface area contributed by atoms with Gasteiger partial charge in [0.2, 0.25) is 0 Å². The molecule has 0 bridgehead atoms. The summed E-state index contributed by atoms with van der Waals surface area (Å²) in [5, 5.41) is 8.99. The Hall–Kier alpha value is -1.04. The molecule has 0 spiro atoms. The first-order valence-electron chi connectivity index (χ1n) is 6.39. The van der Waals surface area contributed by atoms with Crippen molar-refractivity contribution in [1.29, 1.82) is 5.26 Å². The topological polar surface area (TPSA) is 27.0 Å². The van der Waals surface area contributed by atoms with Crippen LogP contribution in [0.25, 0.3) is 0 Å². The quantitative estimate of drug-likeness (QED) is 0.555. The van der Waals surface area contributed by atoms with Crippen molar-refractivity contribution >= 4 is 11.6 Å². The van der Waals surface area contributed by atoms with Crippen LogP contribution in [-0.4, -0.2) is 23.4 Å². The molecule has 2 nitrogen and oxygen atoms in total. The third-order valence-electron chi connectivity index (χ3n) is 2.73. The first-order valence-corrected chi connectivity index (χ1v) is 6.82. The first kappa shape index (κ1) is 15.0. The van der Waals surface area contributed by atoms with Crippen LogP contribution in [0.1, 0.15) is 25.8 Å². The average molecular weight is 265 g/mol. The van der Waals surface area contributed by atoms with Crippen LogP contribution in [0.5, 0.6) is 0 Å². The van der Waals surface area contributed by atoms with E-state index in [1.807, 2.05) is 18.2 Å². The van der Waals surface area contributed by atoms with Crippen LogP contribution in [0.2, 0.25) is 0 Å². The van der Waals surface area contributed by atoms with Crippen molar-refractivity contribution in [3.8, 4) is 6.07 Å². The Morgan fingerprint density at radius 2 is 1.94 bits per heavy atom. The summed E-state index contributed by atoms with van der Waals surface area (Å²) in [5.41, 5.74) is 1.22. The van der Waals surface area contributed by atoms with Crippen molar-refractivity contribution in [2.45, 2.75) is 32.2 Å². The summed E-state index contributed by atoms with van der Waals surface area (Å²) in [5.74, 6) is 0.591. The smallest absolute Gasteiger partial charge is 0.0869 e. The maximum Gasteiger partial charge on any atom is 0.0869 e. The molecule has 3 heteroatoms. The molecule has 0 radical (unpaired) electrons. The molecule has 0 unspecified atom stereocenters. The van der Waals surface area contributed by atoms with E-state index in [1.54, 1.807) is 0 Å². The molecule has 0 saturated carbocycles. The van der Waals surface area contributed by atoms with E-state index < -0.39 is 0 Å². The summed E-state index contributed by atoms with van der Waals surface area (Å²) >= 11 is 6.32. The lowest BCUT2D eigenvalue weighted by atomic mass is 10.1. The van der Waals surface area contributed by atoms with E-state index in [0.29, 0.717) is 12.5 Å². The molecule has 1 rings (SSSR count). The number of nitriles is 1. The van der Waals surface area contributed by atoms with Gasteiger partial charge in [-0.1, -0.05) is 44.2 Å².